The molecule has 0 saturated carbocycles. The molecule has 9 heteroatoms. The van der Waals surface area contributed by atoms with Crippen LogP contribution in [0.15, 0.2) is 84.0 Å². The highest BCUT2D eigenvalue weighted by molar-refractivity contribution is 7.89. The summed E-state index contributed by atoms with van der Waals surface area (Å²) in [5, 5.41) is 0.484. The lowest BCUT2D eigenvalue weighted by Gasteiger charge is -2.21. The third-order valence-electron chi connectivity index (χ3n) is 5.85. The minimum absolute atomic E-state index is 0.00778. The van der Waals surface area contributed by atoms with E-state index in [1.807, 2.05) is 36.5 Å². The van der Waals surface area contributed by atoms with E-state index >= 15 is 0 Å². The number of carbonyl (C=O) groups excluding carboxylic acids is 1. The second-order valence-electron chi connectivity index (χ2n) is 8.34. The van der Waals surface area contributed by atoms with E-state index in [4.69, 9.17) is 16.3 Å². The molecule has 1 aromatic heterocycles. The zero-order valence-electron chi connectivity index (χ0n) is 19.2. The molecule has 4 rings (SSSR count). The SMILES string of the molecule is COC(=O)c1ccc(/C=C\[C@@H]2C[C@@H](NS(=O)(=O)c3ccc(Cl)cc3)CN2Cc2cccnc2)cc1. The van der Waals surface area contributed by atoms with Crippen molar-refractivity contribution in [2.75, 3.05) is 13.7 Å². The lowest BCUT2D eigenvalue weighted by Crippen LogP contribution is -2.37. The number of likely N-dealkylation sites (tertiary alicyclic amines) is 1. The summed E-state index contributed by atoms with van der Waals surface area (Å²) in [6, 6.07) is 16.9. The van der Waals surface area contributed by atoms with Gasteiger partial charge >= 0.3 is 5.97 Å². The highest BCUT2D eigenvalue weighted by Crippen LogP contribution is 2.24. The first-order valence-corrected chi connectivity index (χ1v) is 13.0. The standard InChI is InChI=1S/C26H26ClN3O4S/c1-34-26(31)21-7-4-19(5-8-21)6-11-24-15-23(18-30(24)17-20-3-2-14-28-16-20)29-35(32,33)25-12-9-22(27)10-13-25/h2-14,16,23-24,29H,15,17-18H2,1H3/b11-6-/t23-,24-/m1/s1. The van der Waals surface area contributed by atoms with Gasteiger partial charge < -0.3 is 4.74 Å². The van der Waals surface area contributed by atoms with E-state index in [0.717, 1.165) is 11.1 Å². The van der Waals surface area contributed by atoms with Gasteiger partial charge in [0.05, 0.1) is 17.6 Å². The lowest BCUT2D eigenvalue weighted by atomic mass is 10.1. The van der Waals surface area contributed by atoms with Crippen LogP contribution >= 0.6 is 11.6 Å². The maximum absolute atomic E-state index is 12.9. The van der Waals surface area contributed by atoms with Gasteiger partial charge in [0.25, 0.3) is 0 Å². The van der Waals surface area contributed by atoms with Crippen LogP contribution in [-0.2, 0) is 21.3 Å². The van der Waals surface area contributed by atoms with Gasteiger partial charge in [-0.1, -0.05) is 42.0 Å². The predicted molar refractivity (Wildman–Crippen MR) is 135 cm³/mol. The van der Waals surface area contributed by atoms with Crippen molar-refractivity contribution in [2.45, 2.75) is 29.9 Å². The number of aromatic nitrogens is 1. The molecular weight excluding hydrogens is 486 g/mol. The Labute approximate surface area is 210 Å². The smallest absolute Gasteiger partial charge is 0.337 e. The normalized spacial score (nSPS) is 18.7. The largest absolute Gasteiger partial charge is 0.465 e. The number of carbonyl (C=O) groups is 1. The molecule has 0 bridgehead atoms. The highest BCUT2D eigenvalue weighted by atomic mass is 35.5. The van der Waals surface area contributed by atoms with Crippen molar-refractivity contribution in [3.8, 4) is 0 Å². The summed E-state index contributed by atoms with van der Waals surface area (Å²) in [5.41, 5.74) is 2.47. The highest BCUT2D eigenvalue weighted by Gasteiger charge is 2.33. The van der Waals surface area contributed by atoms with Crippen molar-refractivity contribution in [3.63, 3.8) is 0 Å². The molecule has 2 heterocycles. The molecule has 0 unspecified atom stereocenters. The van der Waals surface area contributed by atoms with Crippen molar-refractivity contribution >= 4 is 33.7 Å². The number of hydrogen-bond acceptors (Lipinski definition) is 6. The van der Waals surface area contributed by atoms with E-state index in [0.29, 0.717) is 30.1 Å². The van der Waals surface area contributed by atoms with Crippen LogP contribution in [0, 0.1) is 0 Å². The Hall–Kier alpha value is -3.04. The third kappa shape index (κ3) is 6.55. The van der Waals surface area contributed by atoms with Gasteiger partial charge in [-0.25, -0.2) is 17.9 Å². The third-order valence-corrected chi connectivity index (χ3v) is 7.64. The first kappa shape index (κ1) is 25.1. The molecular formula is C26H26ClN3O4S. The molecule has 2 aromatic carbocycles. The molecule has 182 valence electrons. The van der Waals surface area contributed by atoms with Crippen molar-refractivity contribution in [1.29, 1.82) is 0 Å². The van der Waals surface area contributed by atoms with Crippen molar-refractivity contribution in [1.82, 2.24) is 14.6 Å². The van der Waals surface area contributed by atoms with Crippen molar-refractivity contribution < 1.29 is 17.9 Å². The predicted octanol–water partition coefficient (Wildman–Crippen LogP) is 4.16. The van der Waals surface area contributed by atoms with Crippen LogP contribution in [0.5, 0.6) is 0 Å². The number of nitrogens with one attached hydrogen (secondary N) is 1. The van der Waals surface area contributed by atoms with Gasteiger partial charge in [-0.3, -0.25) is 9.88 Å². The van der Waals surface area contributed by atoms with Gasteiger partial charge in [0.15, 0.2) is 0 Å². The number of benzene rings is 2. The summed E-state index contributed by atoms with van der Waals surface area (Å²) < 4.78 is 33.4. The fraction of sp³-hybridized carbons (Fsp3) is 0.231. The molecule has 1 saturated heterocycles. The summed E-state index contributed by atoms with van der Waals surface area (Å²) in [5.74, 6) is -0.380. The zero-order chi connectivity index (χ0) is 24.8. The Morgan fingerprint density at radius 1 is 1.17 bits per heavy atom. The number of esters is 1. The average Bonchev–Trinajstić information content (AvgIpc) is 3.23. The summed E-state index contributed by atoms with van der Waals surface area (Å²) >= 11 is 5.91. The van der Waals surface area contributed by atoms with Gasteiger partial charge in [-0.05, 0) is 60.0 Å². The fourth-order valence-electron chi connectivity index (χ4n) is 4.10. The number of ether oxygens (including phenoxy) is 1. The number of halogens is 1. The van der Waals surface area contributed by atoms with Crippen LogP contribution in [0.25, 0.3) is 6.08 Å². The number of pyridine rings is 1. The maximum atomic E-state index is 12.9. The van der Waals surface area contributed by atoms with E-state index in [-0.39, 0.29) is 22.9 Å². The van der Waals surface area contributed by atoms with Gasteiger partial charge in [0, 0.05) is 42.6 Å². The first-order chi connectivity index (χ1) is 16.8. The number of nitrogens with zero attached hydrogens (tertiary/aromatic N) is 2. The summed E-state index contributed by atoms with van der Waals surface area (Å²) in [6.45, 7) is 1.20. The van der Waals surface area contributed by atoms with Crippen LogP contribution < -0.4 is 4.72 Å². The van der Waals surface area contributed by atoms with Crippen molar-refractivity contribution in [3.05, 3.63) is 101 Å². The monoisotopic (exact) mass is 511 g/mol. The molecule has 3 aromatic rings. The van der Waals surface area contributed by atoms with Gasteiger partial charge in [-0.15, -0.1) is 0 Å². The van der Waals surface area contributed by atoms with E-state index in [2.05, 4.69) is 20.7 Å². The van der Waals surface area contributed by atoms with E-state index in [9.17, 15) is 13.2 Å². The van der Waals surface area contributed by atoms with E-state index < -0.39 is 10.0 Å². The Balaban J connectivity index is 1.51. The minimum atomic E-state index is -3.68. The molecule has 35 heavy (non-hydrogen) atoms. The molecule has 2 atom stereocenters. The first-order valence-electron chi connectivity index (χ1n) is 11.1. The number of hydrogen-bond donors (Lipinski definition) is 1. The van der Waals surface area contributed by atoms with Crippen LogP contribution in [0.1, 0.15) is 27.9 Å². The van der Waals surface area contributed by atoms with Gasteiger partial charge in [0.1, 0.15) is 0 Å². The molecule has 0 radical (unpaired) electrons. The second-order valence-corrected chi connectivity index (χ2v) is 10.5. The molecule has 7 nitrogen and oxygen atoms in total. The number of rotatable bonds is 8. The van der Waals surface area contributed by atoms with E-state index in [1.54, 1.807) is 30.5 Å². The topological polar surface area (TPSA) is 88.6 Å². The second kappa shape index (κ2) is 11.1. The van der Waals surface area contributed by atoms with Crippen LogP contribution in [-0.4, -0.2) is 50.0 Å². The summed E-state index contributed by atoms with van der Waals surface area (Å²) in [6.07, 6.45) is 8.21. The Morgan fingerprint density at radius 2 is 1.91 bits per heavy atom. The van der Waals surface area contributed by atoms with Crippen molar-refractivity contribution in [2.24, 2.45) is 0 Å². The van der Waals surface area contributed by atoms with E-state index in [1.165, 1.54) is 19.2 Å². The molecule has 0 spiro atoms. The Kier molecular flexibility index (Phi) is 7.97. The van der Waals surface area contributed by atoms with Gasteiger partial charge in [0.2, 0.25) is 10.0 Å². The lowest BCUT2D eigenvalue weighted by molar-refractivity contribution is 0.0600. The molecule has 1 aliphatic heterocycles. The molecule has 0 aliphatic carbocycles. The van der Waals surface area contributed by atoms with Crippen LogP contribution in [0.4, 0.5) is 0 Å². The fourth-order valence-corrected chi connectivity index (χ4v) is 5.46. The molecule has 1 aliphatic rings. The Morgan fingerprint density at radius 3 is 2.57 bits per heavy atom. The maximum Gasteiger partial charge on any atom is 0.337 e. The Bertz CT molecular complexity index is 1280. The summed E-state index contributed by atoms with van der Waals surface area (Å²) in [4.78, 5) is 18.3. The molecule has 1 fully saturated rings. The number of sulfonamides is 1. The average molecular weight is 512 g/mol. The van der Waals surface area contributed by atoms with Crippen LogP contribution in [0.3, 0.4) is 0 Å². The quantitative estimate of drug-likeness (QED) is 0.457. The van der Waals surface area contributed by atoms with Crippen LogP contribution in [0.2, 0.25) is 5.02 Å². The minimum Gasteiger partial charge on any atom is -0.465 e. The zero-order valence-corrected chi connectivity index (χ0v) is 20.7. The molecule has 0 amide bonds. The summed E-state index contributed by atoms with van der Waals surface area (Å²) in [7, 11) is -2.33. The number of methoxy groups -OCH3 is 1. The molecule has 1 N–H and O–H groups in total. The van der Waals surface area contributed by atoms with Gasteiger partial charge in [-0.2, -0.15) is 0 Å².